The molecule has 0 aliphatic heterocycles. The van der Waals surface area contributed by atoms with Crippen LogP contribution in [0.2, 0.25) is 0 Å². The van der Waals surface area contributed by atoms with Crippen molar-refractivity contribution in [3.8, 4) is 0 Å². The quantitative estimate of drug-likeness (QED) is 0.370. The highest BCUT2D eigenvalue weighted by atomic mass is 32.2. The molecular formula is C23H31NO4S. The van der Waals surface area contributed by atoms with Gasteiger partial charge in [-0.05, 0) is 47.6 Å². The molecule has 29 heavy (non-hydrogen) atoms. The van der Waals surface area contributed by atoms with Gasteiger partial charge in [-0.3, -0.25) is 9.63 Å². The summed E-state index contributed by atoms with van der Waals surface area (Å²) in [5.74, 6) is -0.640. The van der Waals surface area contributed by atoms with E-state index in [1.807, 2.05) is 48.7 Å². The number of aliphatic carboxylic acids is 1. The van der Waals surface area contributed by atoms with Crippen molar-refractivity contribution in [2.24, 2.45) is 0 Å². The molecule has 0 saturated heterocycles. The molecule has 0 radical (unpaired) electrons. The van der Waals surface area contributed by atoms with Crippen molar-refractivity contribution in [1.29, 1.82) is 0 Å². The van der Waals surface area contributed by atoms with Crippen LogP contribution in [0, 0.1) is 0 Å². The number of carboxylic acids is 1. The Labute approximate surface area is 177 Å². The summed E-state index contributed by atoms with van der Waals surface area (Å²) in [7, 11) is 0. The number of carboxylic acid groups (broad SMARTS) is 1. The number of carbonyl (C=O) groups excluding carboxylic acids is 1. The summed E-state index contributed by atoms with van der Waals surface area (Å²) in [6.07, 6.45) is 5.87. The van der Waals surface area contributed by atoms with Crippen LogP contribution in [-0.2, 0) is 20.8 Å². The first kappa shape index (κ1) is 23.2. The predicted molar refractivity (Wildman–Crippen MR) is 119 cm³/mol. The van der Waals surface area contributed by atoms with Crippen molar-refractivity contribution in [3.05, 3.63) is 48.0 Å². The average Bonchev–Trinajstić information content (AvgIpc) is 2.73. The van der Waals surface area contributed by atoms with E-state index in [2.05, 4.69) is 6.92 Å². The Morgan fingerprint density at radius 2 is 1.90 bits per heavy atom. The number of thioether (sulfide) groups is 1. The summed E-state index contributed by atoms with van der Waals surface area (Å²) < 4.78 is 0. The van der Waals surface area contributed by atoms with Gasteiger partial charge in [-0.15, -0.1) is 0 Å². The molecule has 0 spiro atoms. The third-order valence-electron chi connectivity index (χ3n) is 4.88. The van der Waals surface area contributed by atoms with E-state index in [1.54, 1.807) is 11.8 Å². The Balaban J connectivity index is 2.11. The Morgan fingerprint density at radius 3 is 2.62 bits per heavy atom. The molecule has 2 aromatic carbocycles. The van der Waals surface area contributed by atoms with Crippen LogP contribution in [0.25, 0.3) is 10.8 Å². The van der Waals surface area contributed by atoms with E-state index >= 15 is 0 Å². The Hall–Kier alpha value is -2.05. The van der Waals surface area contributed by atoms with Crippen molar-refractivity contribution in [2.45, 2.75) is 51.5 Å². The fourth-order valence-electron chi connectivity index (χ4n) is 3.28. The maximum Gasteiger partial charge on any atom is 0.329 e. The zero-order valence-electron chi connectivity index (χ0n) is 17.3. The number of nitrogens with zero attached hydrogens (tertiary/aromatic N) is 1. The number of hydrogen-bond donors (Lipinski definition) is 1. The van der Waals surface area contributed by atoms with E-state index in [1.165, 1.54) is 0 Å². The number of unbranched alkanes of at least 4 members (excludes halogenated alkanes) is 2. The third kappa shape index (κ3) is 7.05. The minimum absolute atomic E-state index is 0.213. The molecule has 5 nitrogen and oxygen atoms in total. The van der Waals surface area contributed by atoms with Gasteiger partial charge >= 0.3 is 5.97 Å². The number of aryl methyl sites for hydroxylation is 1. The van der Waals surface area contributed by atoms with Crippen molar-refractivity contribution >= 4 is 34.4 Å². The number of hydrogen-bond acceptors (Lipinski definition) is 4. The summed E-state index contributed by atoms with van der Waals surface area (Å²) in [6.45, 7) is 2.45. The summed E-state index contributed by atoms with van der Waals surface area (Å²) in [4.78, 5) is 30.5. The smallest absolute Gasteiger partial charge is 0.329 e. The van der Waals surface area contributed by atoms with Crippen molar-refractivity contribution in [1.82, 2.24) is 5.06 Å². The lowest BCUT2D eigenvalue weighted by Gasteiger charge is -2.28. The summed E-state index contributed by atoms with van der Waals surface area (Å²) >= 11 is 1.56. The van der Waals surface area contributed by atoms with E-state index in [9.17, 15) is 14.7 Å². The highest BCUT2D eigenvalue weighted by molar-refractivity contribution is 7.98. The van der Waals surface area contributed by atoms with Crippen molar-refractivity contribution < 1.29 is 19.5 Å². The van der Waals surface area contributed by atoms with Crippen LogP contribution in [0.4, 0.5) is 0 Å². The Kier molecular flexibility index (Phi) is 10.0. The molecule has 1 N–H and O–H groups in total. The normalized spacial score (nSPS) is 12.1. The molecule has 0 fully saturated rings. The van der Waals surface area contributed by atoms with E-state index in [4.69, 9.17) is 4.84 Å². The molecule has 0 aromatic heterocycles. The molecule has 2 rings (SSSR count). The number of rotatable bonds is 13. The summed E-state index contributed by atoms with van der Waals surface area (Å²) in [5, 5.41) is 13.0. The van der Waals surface area contributed by atoms with E-state index in [0.717, 1.165) is 40.7 Å². The van der Waals surface area contributed by atoms with Crippen molar-refractivity contribution in [2.75, 3.05) is 18.6 Å². The molecule has 158 valence electrons. The Morgan fingerprint density at radius 1 is 1.14 bits per heavy atom. The predicted octanol–water partition coefficient (Wildman–Crippen LogP) is 4.93. The van der Waals surface area contributed by atoms with Gasteiger partial charge in [0.25, 0.3) is 0 Å². The molecule has 0 unspecified atom stereocenters. The first-order valence-corrected chi connectivity index (χ1v) is 11.6. The second-order valence-electron chi connectivity index (χ2n) is 7.03. The van der Waals surface area contributed by atoms with Crippen LogP contribution < -0.4 is 0 Å². The zero-order valence-corrected chi connectivity index (χ0v) is 18.1. The fraction of sp³-hybridized carbons (Fsp3) is 0.478. The van der Waals surface area contributed by atoms with E-state index < -0.39 is 12.0 Å². The number of benzene rings is 2. The standard InChI is InChI=1S/C23H31NO4S/c1-3-4-7-16-28-24(21(23(26)27)15-17-29-2)22(25)14-13-19-11-8-10-18-9-5-6-12-20(18)19/h5-6,8-12,21H,3-4,7,13-17H2,1-2H3,(H,26,27)/t21-/m0/s1. The van der Waals surface area contributed by atoms with Crippen LogP contribution in [0.15, 0.2) is 42.5 Å². The van der Waals surface area contributed by atoms with Gasteiger partial charge in [0.05, 0.1) is 6.61 Å². The van der Waals surface area contributed by atoms with Gasteiger partial charge in [0, 0.05) is 6.42 Å². The zero-order chi connectivity index (χ0) is 21.1. The van der Waals surface area contributed by atoms with Gasteiger partial charge in [-0.1, -0.05) is 62.2 Å². The number of fused-ring (bicyclic) bond motifs is 1. The van der Waals surface area contributed by atoms with E-state index in [0.29, 0.717) is 25.2 Å². The second kappa shape index (κ2) is 12.5. The summed E-state index contributed by atoms with van der Waals surface area (Å²) in [5.41, 5.74) is 1.08. The number of amides is 1. The molecule has 0 bridgehead atoms. The maximum absolute atomic E-state index is 13.0. The van der Waals surface area contributed by atoms with Gasteiger partial charge in [-0.2, -0.15) is 11.8 Å². The molecule has 2 aromatic rings. The molecule has 0 aliphatic rings. The van der Waals surface area contributed by atoms with Gasteiger partial charge in [-0.25, -0.2) is 9.86 Å². The first-order chi connectivity index (χ1) is 14.1. The largest absolute Gasteiger partial charge is 0.480 e. The minimum atomic E-state index is -1.02. The van der Waals surface area contributed by atoms with Crippen LogP contribution in [0.3, 0.4) is 0 Å². The molecular weight excluding hydrogens is 386 g/mol. The lowest BCUT2D eigenvalue weighted by atomic mass is 10.0. The monoisotopic (exact) mass is 417 g/mol. The van der Waals surface area contributed by atoms with Crippen LogP contribution in [0.5, 0.6) is 0 Å². The first-order valence-electron chi connectivity index (χ1n) is 10.2. The molecule has 1 amide bonds. The SMILES string of the molecule is CCCCCON(C(=O)CCc1cccc2ccccc12)[C@@H](CCSC)C(=O)O. The lowest BCUT2D eigenvalue weighted by molar-refractivity contribution is -0.207. The summed E-state index contributed by atoms with van der Waals surface area (Å²) in [6, 6.07) is 13.2. The number of carbonyl (C=O) groups is 2. The van der Waals surface area contributed by atoms with E-state index in [-0.39, 0.29) is 12.3 Å². The fourth-order valence-corrected chi connectivity index (χ4v) is 3.74. The minimum Gasteiger partial charge on any atom is -0.480 e. The molecule has 0 aliphatic carbocycles. The van der Waals surface area contributed by atoms with Gasteiger partial charge in [0.15, 0.2) is 6.04 Å². The lowest BCUT2D eigenvalue weighted by Crippen LogP contribution is -2.45. The maximum atomic E-state index is 13.0. The van der Waals surface area contributed by atoms with Gasteiger partial charge in [0.2, 0.25) is 5.91 Å². The topological polar surface area (TPSA) is 66.8 Å². The second-order valence-corrected chi connectivity index (χ2v) is 8.02. The Bertz CT molecular complexity index is 790. The van der Waals surface area contributed by atoms with Crippen LogP contribution in [-0.4, -0.2) is 46.7 Å². The third-order valence-corrected chi connectivity index (χ3v) is 5.52. The molecule has 6 heteroatoms. The average molecular weight is 418 g/mol. The molecule has 0 saturated carbocycles. The molecule has 0 heterocycles. The van der Waals surface area contributed by atoms with Crippen molar-refractivity contribution in [3.63, 3.8) is 0 Å². The van der Waals surface area contributed by atoms with Gasteiger partial charge in [0.1, 0.15) is 0 Å². The number of hydroxylamine groups is 2. The highest BCUT2D eigenvalue weighted by Crippen LogP contribution is 2.21. The van der Waals surface area contributed by atoms with Crippen LogP contribution >= 0.6 is 11.8 Å². The van der Waals surface area contributed by atoms with Crippen LogP contribution in [0.1, 0.15) is 44.6 Å². The van der Waals surface area contributed by atoms with Gasteiger partial charge < -0.3 is 5.11 Å². The highest BCUT2D eigenvalue weighted by Gasteiger charge is 2.30. The molecule has 1 atom stereocenters.